The van der Waals surface area contributed by atoms with Crippen molar-refractivity contribution in [3.63, 3.8) is 0 Å². The van der Waals surface area contributed by atoms with E-state index < -0.39 is 6.10 Å². The summed E-state index contributed by atoms with van der Waals surface area (Å²) in [6, 6.07) is 0.238. The highest BCUT2D eigenvalue weighted by Gasteiger charge is 2.18. The first-order chi connectivity index (χ1) is 8.18. The summed E-state index contributed by atoms with van der Waals surface area (Å²) in [6.45, 7) is 4.09. The topological polar surface area (TPSA) is 50.9 Å². The first-order valence-electron chi connectivity index (χ1n) is 6.44. The van der Waals surface area contributed by atoms with Gasteiger partial charge in [-0.15, -0.1) is 0 Å². The van der Waals surface area contributed by atoms with Crippen LogP contribution in [0.5, 0.6) is 0 Å². The van der Waals surface area contributed by atoms with Crippen LogP contribution in [0.1, 0.15) is 63.9 Å². The third-order valence-corrected chi connectivity index (χ3v) is 3.23. The SMILES string of the molecule is CC(C)n1ncnc1C(O)CC1=CCCCC1. The average molecular weight is 235 g/mol. The third-order valence-electron chi connectivity index (χ3n) is 3.23. The lowest BCUT2D eigenvalue weighted by Crippen LogP contribution is -2.13. The van der Waals surface area contributed by atoms with Crippen LogP contribution in [0.2, 0.25) is 0 Å². The molecule has 0 aliphatic heterocycles. The number of rotatable bonds is 4. The molecule has 17 heavy (non-hydrogen) atoms. The lowest BCUT2D eigenvalue weighted by Gasteiger charge is -2.18. The summed E-state index contributed by atoms with van der Waals surface area (Å²) in [6.07, 6.45) is 8.76. The van der Waals surface area contributed by atoms with Gasteiger partial charge in [0.05, 0.1) is 0 Å². The van der Waals surface area contributed by atoms with E-state index >= 15 is 0 Å². The molecule has 1 unspecified atom stereocenters. The fourth-order valence-corrected chi connectivity index (χ4v) is 2.33. The molecule has 0 saturated carbocycles. The smallest absolute Gasteiger partial charge is 0.156 e. The molecule has 2 rings (SSSR count). The Bertz CT molecular complexity index is 395. The summed E-state index contributed by atoms with van der Waals surface area (Å²) >= 11 is 0. The summed E-state index contributed by atoms with van der Waals surface area (Å²) in [7, 11) is 0. The maximum atomic E-state index is 10.2. The van der Waals surface area contributed by atoms with Gasteiger partial charge in [-0.05, 0) is 39.5 Å². The lowest BCUT2D eigenvalue weighted by atomic mass is 9.95. The molecule has 1 N–H and O–H groups in total. The molecular weight excluding hydrogens is 214 g/mol. The molecule has 0 amide bonds. The molecule has 0 spiro atoms. The number of allylic oxidation sites excluding steroid dienone is 1. The fourth-order valence-electron chi connectivity index (χ4n) is 2.33. The van der Waals surface area contributed by atoms with Gasteiger partial charge in [0, 0.05) is 12.5 Å². The molecule has 0 fully saturated rings. The highest BCUT2D eigenvalue weighted by molar-refractivity contribution is 5.09. The van der Waals surface area contributed by atoms with Crippen LogP contribution in [0.3, 0.4) is 0 Å². The van der Waals surface area contributed by atoms with E-state index in [1.807, 2.05) is 13.8 Å². The van der Waals surface area contributed by atoms with Crippen molar-refractivity contribution in [1.82, 2.24) is 14.8 Å². The average Bonchev–Trinajstić information content (AvgIpc) is 2.79. The zero-order chi connectivity index (χ0) is 12.3. The van der Waals surface area contributed by atoms with Crippen molar-refractivity contribution in [2.24, 2.45) is 0 Å². The minimum Gasteiger partial charge on any atom is -0.385 e. The van der Waals surface area contributed by atoms with Crippen molar-refractivity contribution in [3.05, 3.63) is 23.8 Å². The molecule has 0 radical (unpaired) electrons. The molecule has 0 saturated heterocycles. The van der Waals surface area contributed by atoms with Crippen LogP contribution < -0.4 is 0 Å². The van der Waals surface area contributed by atoms with Crippen LogP contribution in [0.15, 0.2) is 18.0 Å². The molecule has 1 aromatic rings. The number of aliphatic hydroxyl groups excluding tert-OH is 1. The van der Waals surface area contributed by atoms with Gasteiger partial charge in [0.2, 0.25) is 0 Å². The van der Waals surface area contributed by atoms with E-state index in [9.17, 15) is 5.11 Å². The Labute approximate surface area is 102 Å². The van der Waals surface area contributed by atoms with Crippen LogP contribution in [-0.4, -0.2) is 19.9 Å². The highest BCUT2D eigenvalue weighted by Crippen LogP contribution is 2.27. The molecule has 1 heterocycles. The molecule has 0 aromatic carbocycles. The molecule has 1 atom stereocenters. The van der Waals surface area contributed by atoms with E-state index in [-0.39, 0.29) is 6.04 Å². The van der Waals surface area contributed by atoms with Gasteiger partial charge in [-0.25, -0.2) is 9.67 Å². The first-order valence-corrected chi connectivity index (χ1v) is 6.44. The predicted molar refractivity (Wildman–Crippen MR) is 66.5 cm³/mol. The second kappa shape index (κ2) is 5.45. The number of aliphatic hydroxyl groups is 1. The van der Waals surface area contributed by atoms with Crippen molar-refractivity contribution >= 4 is 0 Å². The second-order valence-corrected chi connectivity index (χ2v) is 4.98. The van der Waals surface area contributed by atoms with Crippen LogP contribution in [0, 0.1) is 0 Å². The summed E-state index contributed by atoms with van der Waals surface area (Å²) < 4.78 is 1.80. The molecule has 0 bridgehead atoms. The van der Waals surface area contributed by atoms with Crippen molar-refractivity contribution in [1.29, 1.82) is 0 Å². The molecule has 4 heteroatoms. The van der Waals surface area contributed by atoms with E-state index in [4.69, 9.17) is 0 Å². The van der Waals surface area contributed by atoms with Crippen molar-refractivity contribution in [2.45, 2.75) is 58.1 Å². The van der Waals surface area contributed by atoms with Crippen LogP contribution in [0.25, 0.3) is 0 Å². The summed E-state index contributed by atoms with van der Waals surface area (Å²) in [4.78, 5) is 4.18. The third kappa shape index (κ3) is 2.94. The molecule has 1 aromatic heterocycles. The van der Waals surface area contributed by atoms with Gasteiger partial charge in [0.1, 0.15) is 12.4 Å². The van der Waals surface area contributed by atoms with Gasteiger partial charge >= 0.3 is 0 Å². The quantitative estimate of drug-likeness (QED) is 0.816. The van der Waals surface area contributed by atoms with Gasteiger partial charge in [-0.2, -0.15) is 5.10 Å². The number of hydrogen-bond donors (Lipinski definition) is 1. The molecular formula is C13H21N3O. The van der Waals surface area contributed by atoms with E-state index in [2.05, 4.69) is 16.2 Å². The lowest BCUT2D eigenvalue weighted by molar-refractivity contribution is 0.158. The zero-order valence-electron chi connectivity index (χ0n) is 10.6. The fraction of sp³-hybridized carbons (Fsp3) is 0.692. The Hall–Kier alpha value is -1.16. The van der Waals surface area contributed by atoms with Crippen molar-refractivity contribution < 1.29 is 5.11 Å². The number of hydrogen-bond acceptors (Lipinski definition) is 3. The van der Waals surface area contributed by atoms with Gasteiger partial charge < -0.3 is 5.11 Å². The van der Waals surface area contributed by atoms with Gasteiger partial charge in [0.25, 0.3) is 0 Å². The number of aromatic nitrogens is 3. The molecule has 1 aliphatic carbocycles. The standard InChI is InChI=1S/C13H21N3O/c1-10(2)16-13(14-9-15-16)12(17)8-11-6-4-3-5-7-11/h6,9-10,12,17H,3-5,7-8H2,1-2H3. The van der Waals surface area contributed by atoms with E-state index in [1.165, 1.54) is 24.7 Å². The molecule has 1 aliphatic rings. The van der Waals surface area contributed by atoms with Crippen molar-refractivity contribution in [2.75, 3.05) is 0 Å². The summed E-state index contributed by atoms with van der Waals surface area (Å²) in [5.74, 6) is 0.687. The van der Waals surface area contributed by atoms with Crippen LogP contribution >= 0.6 is 0 Å². The molecule has 4 nitrogen and oxygen atoms in total. The Balaban J connectivity index is 2.06. The number of nitrogens with zero attached hydrogens (tertiary/aromatic N) is 3. The maximum Gasteiger partial charge on any atom is 0.156 e. The summed E-state index contributed by atoms with van der Waals surface area (Å²) in [5.41, 5.74) is 1.36. The van der Waals surface area contributed by atoms with Crippen LogP contribution in [-0.2, 0) is 0 Å². The highest BCUT2D eigenvalue weighted by atomic mass is 16.3. The minimum atomic E-state index is -0.524. The Morgan fingerprint density at radius 2 is 2.24 bits per heavy atom. The monoisotopic (exact) mass is 235 g/mol. The maximum absolute atomic E-state index is 10.2. The Morgan fingerprint density at radius 3 is 2.88 bits per heavy atom. The van der Waals surface area contributed by atoms with E-state index in [0.717, 1.165) is 12.8 Å². The second-order valence-electron chi connectivity index (χ2n) is 4.98. The largest absolute Gasteiger partial charge is 0.385 e. The predicted octanol–water partition coefficient (Wildman–Crippen LogP) is 2.78. The minimum absolute atomic E-state index is 0.238. The molecule has 94 valence electrons. The van der Waals surface area contributed by atoms with Gasteiger partial charge in [-0.3, -0.25) is 0 Å². The Kier molecular flexibility index (Phi) is 3.94. The van der Waals surface area contributed by atoms with Gasteiger partial charge in [-0.1, -0.05) is 11.6 Å². The van der Waals surface area contributed by atoms with Gasteiger partial charge in [0.15, 0.2) is 5.82 Å². The Morgan fingerprint density at radius 1 is 1.41 bits per heavy atom. The van der Waals surface area contributed by atoms with E-state index in [1.54, 1.807) is 4.68 Å². The van der Waals surface area contributed by atoms with Crippen LogP contribution in [0.4, 0.5) is 0 Å². The van der Waals surface area contributed by atoms with Crippen molar-refractivity contribution in [3.8, 4) is 0 Å². The summed E-state index contributed by atoms with van der Waals surface area (Å²) in [5, 5.41) is 14.4. The normalized spacial score (nSPS) is 18.2. The van der Waals surface area contributed by atoms with E-state index in [0.29, 0.717) is 12.2 Å². The first kappa shape index (κ1) is 12.3. The zero-order valence-corrected chi connectivity index (χ0v) is 10.6.